The molecule has 0 spiro atoms. The van der Waals surface area contributed by atoms with Crippen LogP contribution in [0.2, 0.25) is 0 Å². The van der Waals surface area contributed by atoms with Crippen molar-refractivity contribution in [1.82, 2.24) is 4.90 Å². The highest BCUT2D eigenvalue weighted by Gasteiger charge is 2.16. The average molecular weight is 277 g/mol. The lowest BCUT2D eigenvalue weighted by atomic mass is 10.0. The van der Waals surface area contributed by atoms with E-state index in [1.54, 1.807) is 0 Å². The third-order valence-electron chi connectivity index (χ3n) is 3.61. The van der Waals surface area contributed by atoms with Gasteiger partial charge in [0, 0.05) is 25.3 Å². The SMILES string of the molecule is CN(Cc1cccc(C(N)=NO)c1)CC1CCCOC1. The lowest BCUT2D eigenvalue weighted by Gasteiger charge is -2.27. The fourth-order valence-electron chi connectivity index (χ4n) is 2.66. The summed E-state index contributed by atoms with van der Waals surface area (Å²) >= 11 is 0. The van der Waals surface area contributed by atoms with Crippen LogP contribution >= 0.6 is 0 Å². The molecule has 1 heterocycles. The number of amidine groups is 1. The van der Waals surface area contributed by atoms with Gasteiger partial charge < -0.3 is 20.6 Å². The highest BCUT2D eigenvalue weighted by Crippen LogP contribution is 2.16. The highest BCUT2D eigenvalue weighted by atomic mass is 16.5. The van der Waals surface area contributed by atoms with Crippen LogP contribution in [0.15, 0.2) is 29.4 Å². The second kappa shape index (κ2) is 7.26. The number of oxime groups is 1. The van der Waals surface area contributed by atoms with Crippen molar-refractivity contribution in [3.63, 3.8) is 0 Å². The predicted molar refractivity (Wildman–Crippen MR) is 78.8 cm³/mol. The molecule has 1 unspecified atom stereocenters. The van der Waals surface area contributed by atoms with Crippen LogP contribution in [-0.4, -0.2) is 42.7 Å². The zero-order valence-electron chi connectivity index (χ0n) is 12.0. The fraction of sp³-hybridized carbons (Fsp3) is 0.533. The molecule has 1 aliphatic heterocycles. The Kier molecular flexibility index (Phi) is 5.38. The molecule has 0 bridgehead atoms. The van der Waals surface area contributed by atoms with E-state index in [-0.39, 0.29) is 5.84 Å². The van der Waals surface area contributed by atoms with Crippen LogP contribution in [0.4, 0.5) is 0 Å². The number of ether oxygens (including phenoxy) is 1. The van der Waals surface area contributed by atoms with E-state index in [9.17, 15) is 0 Å². The average Bonchev–Trinajstić information content (AvgIpc) is 2.47. The van der Waals surface area contributed by atoms with Crippen molar-refractivity contribution < 1.29 is 9.94 Å². The lowest BCUT2D eigenvalue weighted by molar-refractivity contribution is 0.0411. The van der Waals surface area contributed by atoms with Crippen molar-refractivity contribution >= 4 is 5.84 Å². The molecule has 0 aliphatic carbocycles. The number of rotatable bonds is 5. The van der Waals surface area contributed by atoms with Crippen LogP contribution < -0.4 is 5.73 Å². The molecule has 1 saturated heterocycles. The lowest BCUT2D eigenvalue weighted by Crippen LogP contribution is -2.30. The standard InChI is InChI=1S/C15H23N3O2/c1-18(10-13-5-3-7-20-11-13)9-12-4-2-6-14(8-12)15(16)17-19/h2,4,6,8,13,19H,3,5,7,9-11H2,1H3,(H2,16,17). The molecule has 110 valence electrons. The summed E-state index contributed by atoms with van der Waals surface area (Å²) < 4.78 is 5.51. The quantitative estimate of drug-likeness (QED) is 0.371. The van der Waals surface area contributed by atoms with Gasteiger partial charge in [-0.3, -0.25) is 0 Å². The molecule has 20 heavy (non-hydrogen) atoms. The first-order valence-electron chi connectivity index (χ1n) is 7.02. The molecule has 0 radical (unpaired) electrons. The van der Waals surface area contributed by atoms with Crippen molar-refractivity contribution in [1.29, 1.82) is 0 Å². The second-order valence-corrected chi connectivity index (χ2v) is 5.47. The summed E-state index contributed by atoms with van der Waals surface area (Å²) in [6.07, 6.45) is 2.41. The summed E-state index contributed by atoms with van der Waals surface area (Å²) in [5.74, 6) is 0.774. The Hall–Kier alpha value is -1.59. The zero-order valence-corrected chi connectivity index (χ0v) is 12.0. The smallest absolute Gasteiger partial charge is 0.170 e. The van der Waals surface area contributed by atoms with Crippen LogP contribution in [0, 0.1) is 5.92 Å². The van der Waals surface area contributed by atoms with E-state index in [1.165, 1.54) is 6.42 Å². The highest BCUT2D eigenvalue weighted by molar-refractivity contribution is 5.97. The Morgan fingerprint density at radius 2 is 2.40 bits per heavy atom. The molecule has 0 aromatic heterocycles. The Morgan fingerprint density at radius 1 is 1.55 bits per heavy atom. The van der Waals surface area contributed by atoms with Crippen LogP contribution in [0.1, 0.15) is 24.0 Å². The first-order valence-corrected chi connectivity index (χ1v) is 7.02. The number of benzene rings is 1. The Labute approximate surface area is 120 Å². The topological polar surface area (TPSA) is 71.1 Å². The Balaban J connectivity index is 1.91. The van der Waals surface area contributed by atoms with Crippen LogP contribution in [0.3, 0.4) is 0 Å². The maximum Gasteiger partial charge on any atom is 0.170 e. The van der Waals surface area contributed by atoms with Crippen LogP contribution in [0.25, 0.3) is 0 Å². The van der Waals surface area contributed by atoms with Gasteiger partial charge in [-0.25, -0.2) is 0 Å². The minimum absolute atomic E-state index is 0.148. The predicted octanol–water partition coefficient (Wildman–Crippen LogP) is 1.64. The summed E-state index contributed by atoms with van der Waals surface area (Å²) in [7, 11) is 2.12. The van der Waals surface area contributed by atoms with E-state index < -0.39 is 0 Å². The molecular weight excluding hydrogens is 254 g/mol. The van der Waals surface area contributed by atoms with E-state index in [4.69, 9.17) is 15.7 Å². The Bertz CT molecular complexity index is 456. The van der Waals surface area contributed by atoms with Crippen molar-refractivity contribution in [2.45, 2.75) is 19.4 Å². The minimum Gasteiger partial charge on any atom is -0.409 e. The van der Waals surface area contributed by atoms with Crippen molar-refractivity contribution in [3.05, 3.63) is 35.4 Å². The monoisotopic (exact) mass is 277 g/mol. The van der Waals surface area contributed by atoms with Crippen LogP contribution in [0.5, 0.6) is 0 Å². The summed E-state index contributed by atoms with van der Waals surface area (Å²) in [6, 6.07) is 7.79. The van der Waals surface area contributed by atoms with Gasteiger partial charge in [-0.1, -0.05) is 23.4 Å². The fourth-order valence-corrected chi connectivity index (χ4v) is 2.66. The zero-order chi connectivity index (χ0) is 14.4. The molecule has 1 aromatic rings. The molecule has 1 aromatic carbocycles. The molecule has 1 atom stereocenters. The summed E-state index contributed by atoms with van der Waals surface area (Å²) in [4.78, 5) is 2.30. The molecule has 1 aliphatic rings. The first-order chi connectivity index (χ1) is 9.69. The first kappa shape index (κ1) is 14.8. The Morgan fingerprint density at radius 3 is 3.10 bits per heavy atom. The van der Waals surface area contributed by atoms with Gasteiger partial charge in [0.1, 0.15) is 0 Å². The normalized spacial score (nSPS) is 20.3. The van der Waals surface area contributed by atoms with E-state index in [1.807, 2.05) is 18.2 Å². The third-order valence-corrected chi connectivity index (χ3v) is 3.61. The van der Waals surface area contributed by atoms with Gasteiger partial charge in [-0.15, -0.1) is 0 Å². The summed E-state index contributed by atoms with van der Waals surface area (Å²) in [5.41, 5.74) is 7.52. The van der Waals surface area contributed by atoms with E-state index >= 15 is 0 Å². The number of hydrogen-bond donors (Lipinski definition) is 2. The number of nitrogens with two attached hydrogens (primary N) is 1. The number of nitrogens with zero attached hydrogens (tertiary/aromatic N) is 2. The maximum atomic E-state index is 8.72. The van der Waals surface area contributed by atoms with E-state index in [0.29, 0.717) is 5.92 Å². The van der Waals surface area contributed by atoms with Crippen LogP contribution in [-0.2, 0) is 11.3 Å². The minimum atomic E-state index is 0.148. The third kappa shape index (κ3) is 4.21. The molecule has 2 rings (SSSR count). The van der Waals surface area contributed by atoms with Gasteiger partial charge >= 0.3 is 0 Å². The summed E-state index contributed by atoms with van der Waals surface area (Å²) in [5, 5.41) is 11.8. The molecular formula is C15H23N3O2. The summed E-state index contributed by atoms with van der Waals surface area (Å²) in [6.45, 7) is 3.66. The molecule has 3 N–H and O–H groups in total. The number of hydrogen-bond acceptors (Lipinski definition) is 4. The second-order valence-electron chi connectivity index (χ2n) is 5.47. The van der Waals surface area contributed by atoms with Crippen molar-refractivity contribution in [3.8, 4) is 0 Å². The maximum absolute atomic E-state index is 8.72. The van der Waals surface area contributed by atoms with Gasteiger partial charge in [0.25, 0.3) is 0 Å². The van der Waals surface area contributed by atoms with E-state index in [2.05, 4.69) is 23.2 Å². The van der Waals surface area contributed by atoms with Gasteiger partial charge in [-0.2, -0.15) is 0 Å². The van der Waals surface area contributed by atoms with Gasteiger partial charge in [0.2, 0.25) is 0 Å². The largest absolute Gasteiger partial charge is 0.409 e. The van der Waals surface area contributed by atoms with E-state index in [0.717, 1.165) is 43.9 Å². The molecule has 5 heteroatoms. The molecule has 0 amide bonds. The van der Waals surface area contributed by atoms with Crippen molar-refractivity contribution in [2.75, 3.05) is 26.8 Å². The van der Waals surface area contributed by atoms with Gasteiger partial charge in [0.15, 0.2) is 5.84 Å². The van der Waals surface area contributed by atoms with Gasteiger partial charge in [0.05, 0.1) is 6.61 Å². The molecule has 1 fully saturated rings. The molecule has 5 nitrogen and oxygen atoms in total. The van der Waals surface area contributed by atoms with Crippen molar-refractivity contribution in [2.24, 2.45) is 16.8 Å². The van der Waals surface area contributed by atoms with Gasteiger partial charge in [-0.05, 0) is 37.4 Å². The molecule has 0 saturated carbocycles.